The number of halogens is 1. The van der Waals surface area contributed by atoms with Crippen LogP contribution in [0.25, 0.3) is 16.9 Å². The maximum absolute atomic E-state index is 13.4. The normalized spacial score (nSPS) is 10.8. The molecule has 0 aliphatic rings. The quantitative estimate of drug-likeness (QED) is 0.434. The summed E-state index contributed by atoms with van der Waals surface area (Å²) in [5.74, 6) is -0.274. The topological polar surface area (TPSA) is 59.8 Å². The van der Waals surface area contributed by atoms with E-state index >= 15 is 0 Å². The SMILES string of the molecule is Cc1ccc(-c2cnc(SCC(=O)Nc3nccs3)n2-c2ccc(F)cc2)cc1. The van der Waals surface area contributed by atoms with Gasteiger partial charge in [-0.2, -0.15) is 0 Å². The number of thioether (sulfide) groups is 1. The zero-order chi connectivity index (χ0) is 20.2. The van der Waals surface area contributed by atoms with Crippen LogP contribution >= 0.6 is 23.1 Å². The van der Waals surface area contributed by atoms with Gasteiger partial charge in [-0.3, -0.25) is 9.36 Å². The highest BCUT2D eigenvalue weighted by Crippen LogP contribution is 2.30. The average Bonchev–Trinajstić information content (AvgIpc) is 3.37. The molecule has 0 aliphatic carbocycles. The molecule has 2 heterocycles. The molecule has 0 atom stereocenters. The zero-order valence-corrected chi connectivity index (χ0v) is 17.1. The van der Waals surface area contributed by atoms with Crippen molar-refractivity contribution in [3.05, 3.63) is 77.7 Å². The maximum Gasteiger partial charge on any atom is 0.236 e. The fourth-order valence-electron chi connectivity index (χ4n) is 2.77. The summed E-state index contributed by atoms with van der Waals surface area (Å²) in [4.78, 5) is 20.8. The van der Waals surface area contributed by atoms with Crippen molar-refractivity contribution < 1.29 is 9.18 Å². The highest BCUT2D eigenvalue weighted by Gasteiger charge is 2.16. The van der Waals surface area contributed by atoms with Gasteiger partial charge in [-0.05, 0) is 31.2 Å². The Balaban J connectivity index is 1.63. The van der Waals surface area contributed by atoms with Gasteiger partial charge in [0.15, 0.2) is 10.3 Å². The molecule has 0 saturated carbocycles. The lowest BCUT2D eigenvalue weighted by molar-refractivity contribution is -0.113. The molecule has 29 heavy (non-hydrogen) atoms. The van der Waals surface area contributed by atoms with Gasteiger partial charge in [-0.1, -0.05) is 41.6 Å². The Hall–Kier alpha value is -2.97. The standard InChI is InChI=1S/C21H17FN4OS2/c1-14-2-4-15(5-3-14)18-12-24-21(26(18)17-8-6-16(22)7-9-17)29-13-19(27)25-20-23-10-11-28-20/h2-12H,13H2,1H3,(H,23,25,27). The van der Waals surface area contributed by atoms with Crippen LogP contribution in [0.2, 0.25) is 0 Å². The lowest BCUT2D eigenvalue weighted by Gasteiger charge is -2.12. The van der Waals surface area contributed by atoms with Crippen LogP contribution in [0.1, 0.15) is 5.56 Å². The van der Waals surface area contributed by atoms with Gasteiger partial charge in [-0.25, -0.2) is 14.4 Å². The number of nitrogens with zero attached hydrogens (tertiary/aromatic N) is 3. The number of carbonyl (C=O) groups is 1. The summed E-state index contributed by atoms with van der Waals surface area (Å²) in [6.45, 7) is 2.03. The van der Waals surface area contributed by atoms with Gasteiger partial charge in [-0.15, -0.1) is 11.3 Å². The lowest BCUT2D eigenvalue weighted by atomic mass is 10.1. The number of rotatable bonds is 6. The van der Waals surface area contributed by atoms with Crippen LogP contribution < -0.4 is 5.32 Å². The molecular weight excluding hydrogens is 407 g/mol. The molecular formula is C21H17FN4OS2. The molecule has 0 spiro atoms. The van der Waals surface area contributed by atoms with Gasteiger partial charge in [0.2, 0.25) is 5.91 Å². The second-order valence-corrected chi connectivity index (χ2v) is 8.12. The largest absolute Gasteiger partial charge is 0.301 e. The van der Waals surface area contributed by atoms with Crippen LogP contribution in [0, 0.1) is 12.7 Å². The molecule has 146 valence electrons. The molecule has 5 nitrogen and oxygen atoms in total. The van der Waals surface area contributed by atoms with Crippen molar-refractivity contribution in [3.63, 3.8) is 0 Å². The molecule has 4 rings (SSSR count). The molecule has 8 heteroatoms. The van der Waals surface area contributed by atoms with E-state index in [1.165, 1.54) is 35.2 Å². The first-order valence-corrected chi connectivity index (χ1v) is 10.7. The van der Waals surface area contributed by atoms with E-state index in [0.29, 0.717) is 10.3 Å². The molecule has 2 aromatic heterocycles. The third-order valence-corrected chi connectivity index (χ3v) is 5.81. The van der Waals surface area contributed by atoms with Crippen molar-refractivity contribution >= 4 is 34.1 Å². The van der Waals surface area contributed by atoms with E-state index in [-0.39, 0.29) is 17.5 Å². The fraction of sp³-hybridized carbons (Fsp3) is 0.0952. The summed E-state index contributed by atoms with van der Waals surface area (Å²) in [5.41, 5.74) is 3.81. The van der Waals surface area contributed by atoms with Gasteiger partial charge in [0.25, 0.3) is 0 Å². The Morgan fingerprint density at radius 1 is 1.14 bits per heavy atom. The summed E-state index contributed by atoms with van der Waals surface area (Å²) < 4.78 is 15.4. The van der Waals surface area contributed by atoms with Crippen molar-refractivity contribution in [2.75, 3.05) is 11.1 Å². The van der Waals surface area contributed by atoms with Gasteiger partial charge in [0.05, 0.1) is 17.6 Å². The van der Waals surface area contributed by atoms with Crippen LogP contribution in [-0.4, -0.2) is 26.2 Å². The van der Waals surface area contributed by atoms with E-state index < -0.39 is 0 Å². The zero-order valence-electron chi connectivity index (χ0n) is 15.5. The monoisotopic (exact) mass is 424 g/mol. The van der Waals surface area contributed by atoms with Crippen molar-refractivity contribution in [2.24, 2.45) is 0 Å². The molecule has 0 aliphatic heterocycles. The smallest absolute Gasteiger partial charge is 0.236 e. The van der Waals surface area contributed by atoms with Crippen LogP contribution in [0.3, 0.4) is 0 Å². The van der Waals surface area contributed by atoms with Gasteiger partial charge in [0.1, 0.15) is 5.82 Å². The molecule has 0 saturated heterocycles. The van der Waals surface area contributed by atoms with E-state index in [1.807, 2.05) is 35.8 Å². The van der Waals surface area contributed by atoms with Gasteiger partial charge < -0.3 is 5.32 Å². The predicted octanol–water partition coefficient (Wildman–Crippen LogP) is 5.17. The first-order chi connectivity index (χ1) is 14.1. The molecule has 1 amide bonds. The number of hydrogen-bond acceptors (Lipinski definition) is 5. The summed E-state index contributed by atoms with van der Waals surface area (Å²) in [6, 6.07) is 14.3. The van der Waals surface area contributed by atoms with Crippen LogP contribution in [0.15, 0.2) is 71.5 Å². The van der Waals surface area contributed by atoms with Crippen LogP contribution in [0.5, 0.6) is 0 Å². The third-order valence-electron chi connectivity index (χ3n) is 4.17. The Morgan fingerprint density at radius 3 is 2.59 bits per heavy atom. The number of thiazole rings is 1. The third kappa shape index (κ3) is 4.55. The number of benzene rings is 2. The molecule has 4 aromatic rings. The minimum Gasteiger partial charge on any atom is -0.301 e. The Labute approximate surface area is 175 Å². The lowest BCUT2D eigenvalue weighted by Crippen LogP contribution is -2.14. The molecule has 0 fully saturated rings. The van der Waals surface area contributed by atoms with Crippen molar-refractivity contribution in [2.45, 2.75) is 12.1 Å². The first-order valence-electron chi connectivity index (χ1n) is 8.83. The van der Waals surface area contributed by atoms with Gasteiger partial charge >= 0.3 is 0 Å². The van der Waals surface area contributed by atoms with E-state index in [1.54, 1.807) is 29.9 Å². The Kier molecular flexibility index (Phi) is 5.73. The van der Waals surface area contributed by atoms with Crippen molar-refractivity contribution in [3.8, 4) is 16.9 Å². The van der Waals surface area contributed by atoms with E-state index in [9.17, 15) is 9.18 Å². The summed E-state index contributed by atoms with van der Waals surface area (Å²) in [5, 5.41) is 5.79. The van der Waals surface area contributed by atoms with Crippen LogP contribution in [0.4, 0.5) is 9.52 Å². The number of aryl methyl sites for hydroxylation is 1. The number of hydrogen-bond donors (Lipinski definition) is 1. The van der Waals surface area contributed by atoms with Crippen molar-refractivity contribution in [1.82, 2.24) is 14.5 Å². The molecule has 0 unspecified atom stereocenters. The molecule has 0 bridgehead atoms. The van der Waals surface area contributed by atoms with Gasteiger partial charge in [0, 0.05) is 22.8 Å². The van der Waals surface area contributed by atoms with Crippen molar-refractivity contribution in [1.29, 1.82) is 0 Å². The minimum absolute atomic E-state index is 0.157. The first kappa shape index (κ1) is 19.4. The number of aromatic nitrogens is 3. The molecule has 0 radical (unpaired) electrons. The molecule has 2 aromatic carbocycles. The Bertz CT molecular complexity index is 1110. The number of imidazole rings is 1. The Morgan fingerprint density at radius 2 is 1.90 bits per heavy atom. The summed E-state index contributed by atoms with van der Waals surface area (Å²) in [7, 11) is 0. The predicted molar refractivity (Wildman–Crippen MR) is 115 cm³/mol. The minimum atomic E-state index is -0.303. The number of anilines is 1. The van der Waals surface area contributed by atoms with Crippen LogP contribution in [-0.2, 0) is 4.79 Å². The van der Waals surface area contributed by atoms with E-state index in [0.717, 1.165) is 22.5 Å². The number of nitrogens with one attached hydrogen (secondary N) is 1. The average molecular weight is 425 g/mol. The summed E-state index contributed by atoms with van der Waals surface area (Å²) >= 11 is 2.69. The summed E-state index contributed by atoms with van der Waals surface area (Å²) in [6.07, 6.45) is 3.41. The van der Waals surface area contributed by atoms with E-state index in [4.69, 9.17) is 0 Å². The number of amides is 1. The highest BCUT2D eigenvalue weighted by molar-refractivity contribution is 7.99. The maximum atomic E-state index is 13.4. The second kappa shape index (κ2) is 8.59. The van der Waals surface area contributed by atoms with E-state index in [2.05, 4.69) is 15.3 Å². The second-order valence-electron chi connectivity index (χ2n) is 6.28. The highest BCUT2D eigenvalue weighted by atomic mass is 32.2. The number of carbonyl (C=O) groups excluding carboxylic acids is 1. The fourth-order valence-corrected chi connectivity index (χ4v) is 4.11. The molecule has 1 N–H and O–H groups in total.